The Kier molecular flexibility index (Phi) is 5.58. The van der Waals surface area contributed by atoms with Crippen molar-refractivity contribution in [3.8, 4) is 5.75 Å². The summed E-state index contributed by atoms with van der Waals surface area (Å²) in [5.41, 5.74) is 1.67. The number of carbonyl (C=O) groups excluding carboxylic acids is 1. The smallest absolute Gasteiger partial charge is 0.265 e. The molecule has 1 amide bonds. The van der Waals surface area contributed by atoms with Gasteiger partial charge >= 0.3 is 0 Å². The Balaban J connectivity index is 2.05. The lowest BCUT2D eigenvalue weighted by Crippen LogP contribution is -2.30. The van der Waals surface area contributed by atoms with Gasteiger partial charge in [0.25, 0.3) is 5.91 Å². The Hall–Kier alpha value is -1.40. The van der Waals surface area contributed by atoms with Crippen LogP contribution in [-0.4, -0.2) is 12.0 Å². The topological polar surface area (TPSA) is 38.3 Å². The highest BCUT2D eigenvalue weighted by molar-refractivity contribution is 9.10. The minimum absolute atomic E-state index is 0.276. The van der Waals surface area contributed by atoms with Crippen LogP contribution >= 0.6 is 31.9 Å². The van der Waals surface area contributed by atoms with E-state index in [-0.39, 0.29) is 11.7 Å². The number of halogens is 3. The van der Waals surface area contributed by atoms with Gasteiger partial charge in [0.15, 0.2) is 6.10 Å². The molecule has 1 unspecified atom stereocenters. The molecule has 0 aromatic heterocycles. The first-order chi connectivity index (χ1) is 10.4. The van der Waals surface area contributed by atoms with Crippen molar-refractivity contribution in [1.29, 1.82) is 0 Å². The van der Waals surface area contributed by atoms with Gasteiger partial charge in [0.2, 0.25) is 0 Å². The van der Waals surface area contributed by atoms with Crippen molar-refractivity contribution < 1.29 is 13.9 Å². The predicted octanol–water partition coefficient (Wildman–Crippen LogP) is 5.07. The molecule has 0 aliphatic rings. The molecule has 2 aromatic carbocycles. The minimum atomic E-state index is -0.718. The third kappa shape index (κ3) is 4.30. The van der Waals surface area contributed by atoms with Crippen molar-refractivity contribution in [3.05, 3.63) is 56.7 Å². The van der Waals surface area contributed by atoms with Gasteiger partial charge in [0.1, 0.15) is 11.6 Å². The molecule has 0 saturated heterocycles. The summed E-state index contributed by atoms with van der Waals surface area (Å²) in [4.78, 5) is 12.2. The maximum Gasteiger partial charge on any atom is 0.265 e. The lowest BCUT2D eigenvalue weighted by Gasteiger charge is -2.16. The summed E-state index contributed by atoms with van der Waals surface area (Å²) in [5.74, 6) is -0.236. The number of aryl methyl sites for hydroxylation is 1. The van der Waals surface area contributed by atoms with Gasteiger partial charge in [-0.25, -0.2) is 4.39 Å². The van der Waals surface area contributed by atoms with E-state index in [2.05, 4.69) is 37.2 Å². The van der Waals surface area contributed by atoms with Gasteiger partial charge < -0.3 is 10.1 Å². The van der Waals surface area contributed by atoms with Crippen LogP contribution in [0.15, 0.2) is 45.3 Å². The van der Waals surface area contributed by atoms with E-state index in [0.717, 1.165) is 15.7 Å². The molecule has 6 heteroatoms. The van der Waals surface area contributed by atoms with E-state index in [1.54, 1.807) is 6.92 Å². The molecule has 0 radical (unpaired) electrons. The second kappa shape index (κ2) is 7.24. The molecule has 1 N–H and O–H groups in total. The van der Waals surface area contributed by atoms with Crippen molar-refractivity contribution in [2.24, 2.45) is 0 Å². The average molecular weight is 431 g/mol. The zero-order valence-electron chi connectivity index (χ0n) is 12.0. The van der Waals surface area contributed by atoms with E-state index in [9.17, 15) is 9.18 Å². The number of amides is 1. The first-order valence-electron chi connectivity index (χ1n) is 6.55. The fraction of sp³-hybridized carbons (Fsp3) is 0.188. The van der Waals surface area contributed by atoms with Crippen LogP contribution in [0.2, 0.25) is 0 Å². The largest absolute Gasteiger partial charge is 0.480 e. The Morgan fingerprint density at radius 1 is 1.23 bits per heavy atom. The third-order valence-corrected chi connectivity index (χ3v) is 4.13. The van der Waals surface area contributed by atoms with E-state index in [1.807, 2.05) is 25.1 Å². The van der Waals surface area contributed by atoms with Gasteiger partial charge in [-0.15, -0.1) is 0 Å². The molecule has 0 fully saturated rings. The number of anilines is 1. The average Bonchev–Trinajstić information content (AvgIpc) is 2.44. The molecule has 0 heterocycles. The molecule has 1 atom stereocenters. The third-order valence-electron chi connectivity index (χ3n) is 3.01. The Bertz CT molecular complexity index is 707. The van der Waals surface area contributed by atoms with Crippen molar-refractivity contribution >= 4 is 43.5 Å². The number of ether oxygens (including phenoxy) is 1. The molecule has 22 heavy (non-hydrogen) atoms. The molecule has 0 bridgehead atoms. The molecule has 3 nitrogen and oxygen atoms in total. The number of hydrogen-bond donors (Lipinski definition) is 1. The van der Waals surface area contributed by atoms with Gasteiger partial charge in [0.05, 0.1) is 4.47 Å². The second-order valence-electron chi connectivity index (χ2n) is 4.78. The minimum Gasteiger partial charge on any atom is -0.480 e. The monoisotopic (exact) mass is 429 g/mol. The van der Waals surface area contributed by atoms with Crippen molar-refractivity contribution in [3.63, 3.8) is 0 Å². The number of carbonyl (C=O) groups is 1. The van der Waals surface area contributed by atoms with Gasteiger partial charge in [-0.1, -0.05) is 15.9 Å². The number of hydrogen-bond acceptors (Lipinski definition) is 2. The fourth-order valence-corrected chi connectivity index (χ4v) is 2.74. The lowest BCUT2D eigenvalue weighted by molar-refractivity contribution is -0.122. The summed E-state index contributed by atoms with van der Waals surface area (Å²) in [6.45, 7) is 3.54. The van der Waals surface area contributed by atoms with E-state index >= 15 is 0 Å². The van der Waals surface area contributed by atoms with Crippen LogP contribution in [0.1, 0.15) is 12.5 Å². The Morgan fingerprint density at radius 3 is 2.59 bits per heavy atom. The first kappa shape index (κ1) is 17.0. The van der Waals surface area contributed by atoms with E-state index in [4.69, 9.17) is 4.74 Å². The highest BCUT2D eigenvalue weighted by Crippen LogP contribution is 2.27. The van der Waals surface area contributed by atoms with Gasteiger partial charge in [-0.3, -0.25) is 4.79 Å². The lowest BCUT2D eigenvalue weighted by atomic mass is 10.2. The van der Waals surface area contributed by atoms with Crippen LogP contribution in [0.4, 0.5) is 10.1 Å². The summed E-state index contributed by atoms with van der Waals surface area (Å²) < 4.78 is 20.0. The quantitative estimate of drug-likeness (QED) is 0.735. The molecular formula is C16H14Br2FNO2. The molecule has 2 rings (SSSR count). The maximum atomic E-state index is 13.0. The second-order valence-corrected chi connectivity index (χ2v) is 6.55. The Labute approximate surface area is 145 Å². The van der Waals surface area contributed by atoms with Crippen molar-refractivity contribution in [2.45, 2.75) is 20.0 Å². The Morgan fingerprint density at radius 2 is 1.95 bits per heavy atom. The summed E-state index contributed by atoms with van der Waals surface area (Å²) in [6, 6.07) is 9.64. The van der Waals surface area contributed by atoms with Crippen LogP contribution in [-0.2, 0) is 4.79 Å². The number of rotatable bonds is 4. The molecule has 0 spiro atoms. The van der Waals surface area contributed by atoms with Crippen molar-refractivity contribution in [1.82, 2.24) is 0 Å². The van der Waals surface area contributed by atoms with Crippen LogP contribution in [0, 0.1) is 12.7 Å². The predicted molar refractivity (Wildman–Crippen MR) is 91.7 cm³/mol. The van der Waals surface area contributed by atoms with E-state index in [0.29, 0.717) is 10.2 Å². The number of nitrogens with one attached hydrogen (secondary N) is 1. The summed E-state index contributed by atoms with van der Waals surface area (Å²) in [6.07, 6.45) is -0.718. The maximum absolute atomic E-state index is 13.0. The van der Waals surface area contributed by atoms with Crippen molar-refractivity contribution in [2.75, 3.05) is 5.32 Å². The first-order valence-corrected chi connectivity index (χ1v) is 8.14. The highest BCUT2D eigenvalue weighted by Gasteiger charge is 2.17. The van der Waals surface area contributed by atoms with Crippen LogP contribution in [0.5, 0.6) is 5.75 Å². The standard InChI is InChI=1S/C16H14Br2FNO2/c1-9-7-11(17)3-5-14(9)20-16(21)10(2)22-15-6-4-12(19)8-13(15)18/h3-8,10H,1-2H3,(H,20,21). The zero-order chi connectivity index (χ0) is 16.3. The van der Waals surface area contributed by atoms with Gasteiger partial charge in [-0.2, -0.15) is 0 Å². The van der Waals surface area contributed by atoms with E-state index < -0.39 is 6.10 Å². The highest BCUT2D eigenvalue weighted by atomic mass is 79.9. The van der Waals surface area contributed by atoms with Gasteiger partial charge in [0, 0.05) is 10.2 Å². The molecule has 0 saturated carbocycles. The summed E-state index contributed by atoms with van der Waals surface area (Å²) >= 11 is 6.59. The van der Waals surface area contributed by atoms with E-state index in [1.165, 1.54) is 18.2 Å². The molecule has 0 aliphatic carbocycles. The van der Waals surface area contributed by atoms with Crippen LogP contribution < -0.4 is 10.1 Å². The van der Waals surface area contributed by atoms with Crippen LogP contribution in [0.3, 0.4) is 0 Å². The van der Waals surface area contributed by atoms with Gasteiger partial charge in [-0.05, 0) is 71.7 Å². The normalized spacial score (nSPS) is 11.9. The SMILES string of the molecule is Cc1cc(Br)ccc1NC(=O)C(C)Oc1ccc(F)cc1Br. The molecule has 116 valence electrons. The van der Waals surface area contributed by atoms with Crippen LogP contribution in [0.25, 0.3) is 0 Å². The summed E-state index contributed by atoms with van der Waals surface area (Å²) in [7, 11) is 0. The summed E-state index contributed by atoms with van der Waals surface area (Å²) in [5, 5.41) is 2.81. The molecular weight excluding hydrogens is 417 g/mol. The zero-order valence-corrected chi connectivity index (χ0v) is 15.2. The molecule has 0 aliphatic heterocycles. The molecule has 2 aromatic rings. The number of benzene rings is 2. The fourth-order valence-electron chi connectivity index (χ4n) is 1.82.